The maximum absolute atomic E-state index is 12.3. The highest BCUT2D eigenvalue weighted by atomic mass is 16.5. The van der Waals surface area contributed by atoms with E-state index in [2.05, 4.69) is 4.98 Å². The van der Waals surface area contributed by atoms with Crippen molar-refractivity contribution in [2.45, 2.75) is 27.7 Å². The molecule has 0 saturated heterocycles. The number of carbonyl (C=O) groups excluding carboxylic acids is 2. The quantitative estimate of drug-likeness (QED) is 0.515. The summed E-state index contributed by atoms with van der Waals surface area (Å²) < 4.78 is 10.6. The SMILES string of the molecule is CCOC(=O)c1cnc(-c2cc(OC(=O)C(C)(C)C)cc3ccccc23)cc1N. The van der Waals surface area contributed by atoms with E-state index in [1.165, 1.54) is 6.20 Å². The fraction of sp³-hybridized carbons (Fsp3) is 0.261. The Labute approximate surface area is 169 Å². The first-order chi connectivity index (χ1) is 13.7. The van der Waals surface area contributed by atoms with E-state index in [1.807, 2.05) is 30.3 Å². The molecule has 0 spiro atoms. The van der Waals surface area contributed by atoms with Crippen molar-refractivity contribution in [3.63, 3.8) is 0 Å². The fourth-order valence-electron chi connectivity index (χ4n) is 2.81. The van der Waals surface area contributed by atoms with Gasteiger partial charge in [-0.15, -0.1) is 0 Å². The van der Waals surface area contributed by atoms with Crippen LogP contribution in [0.1, 0.15) is 38.1 Å². The molecule has 0 atom stereocenters. The van der Waals surface area contributed by atoms with Crippen molar-refractivity contribution < 1.29 is 19.1 Å². The molecule has 6 heteroatoms. The van der Waals surface area contributed by atoms with Crippen LogP contribution in [0.4, 0.5) is 5.69 Å². The largest absolute Gasteiger partial charge is 0.462 e. The monoisotopic (exact) mass is 392 g/mol. The number of pyridine rings is 1. The molecule has 0 fully saturated rings. The predicted octanol–water partition coefficient (Wildman–Crippen LogP) is 4.61. The fourth-order valence-corrected chi connectivity index (χ4v) is 2.81. The molecule has 0 aliphatic heterocycles. The number of hydrogen-bond donors (Lipinski definition) is 1. The van der Waals surface area contributed by atoms with E-state index in [9.17, 15) is 9.59 Å². The van der Waals surface area contributed by atoms with E-state index < -0.39 is 11.4 Å². The van der Waals surface area contributed by atoms with Crippen molar-refractivity contribution in [1.29, 1.82) is 0 Å². The Hall–Kier alpha value is -3.41. The molecule has 3 aromatic rings. The Morgan fingerprint density at radius 3 is 2.48 bits per heavy atom. The number of fused-ring (bicyclic) bond motifs is 1. The van der Waals surface area contributed by atoms with Gasteiger partial charge in [0.05, 0.1) is 17.7 Å². The van der Waals surface area contributed by atoms with Crippen LogP contribution in [0.3, 0.4) is 0 Å². The third-order valence-electron chi connectivity index (χ3n) is 4.37. The summed E-state index contributed by atoms with van der Waals surface area (Å²) in [7, 11) is 0. The van der Waals surface area contributed by atoms with Gasteiger partial charge in [0.25, 0.3) is 0 Å². The zero-order valence-corrected chi connectivity index (χ0v) is 17.0. The highest BCUT2D eigenvalue weighted by Crippen LogP contribution is 2.34. The number of carbonyl (C=O) groups is 2. The molecule has 0 radical (unpaired) electrons. The summed E-state index contributed by atoms with van der Waals surface area (Å²) >= 11 is 0. The summed E-state index contributed by atoms with van der Waals surface area (Å²) in [6.45, 7) is 7.38. The Bertz CT molecular complexity index is 1080. The van der Waals surface area contributed by atoms with E-state index >= 15 is 0 Å². The van der Waals surface area contributed by atoms with Crippen LogP contribution in [-0.4, -0.2) is 23.5 Å². The first-order valence-corrected chi connectivity index (χ1v) is 9.38. The van der Waals surface area contributed by atoms with Gasteiger partial charge in [-0.3, -0.25) is 9.78 Å². The molecule has 0 aliphatic carbocycles. The standard InChI is InChI=1S/C23H24N2O4/c1-5-28-21(26)18-13-25-20(12-19(18)24)17-11-15(29-22(27)23(2,3)4)10-14-8-6-7-9-16(14)17/h6-13H,5H2,1-4H3,(H2,24,25). The lowest BCUT2D eigenvalue weighted by Gasteiger charge is -2.17. The van der Waals surface area contributed by atoms with Crippen LogP contribution in [0.25, 0.3) is 22.0 Å². The third kappa shape index (κ3) is 4.37. The average molecular weight is 392 g/mol. The Morgan fingerprint density at radius 2 is 1.83 bits per heavy atom. The third-order valence-corrected chi connectivity index (χ3v) is 4.37. The first kappa shape index (κ1) is 20.3. The molecule has 0 bridgehead atoms. The maximum Gasteiger partial charge on any atom is 0.341 e. The molecule has 0 saturated carbocycles. The number of nitrogens with zero attached hydrogens (tertiary/aromatic N) is 1. The molecule has 29 heavy (non-hydrogen) atoms. The van der Waals surface area contributed by atoms with Crippen molar-refractivity contribution in [3.05, 3.63) is 54.2 Å². The van der Waals surface area contributed by atoms with Gasteiger partial charge in [-0.25, -0.2) is 4.79 Å². The lowest BCUT2D eigenvalue weighted by atomic mass is 9.97. The number of nitrogen functional groups attached to an aromatic ring is 1. The number of anilines is 1. The van der Waals surface area contributed by atoms with Crippen molar-refractivity contribution in [2.75, 3.05) is 12.3 Å². The van der Waals surface area contributed by atoms with Crippen LogP contribution in [-0.2, 0) is 9.53 Å². The number of rotatable bonds is 4. The summed E-state index contributed by atoms with van der Waals surface area (Å²) in [6, 6.07) is 12.9. The zero-order valence-electron chi connectivity index (χ0n) is 17.0. The molecule has 0 amide bonds. The van der Waals surface area contributed by atoms with Crippen LogP contribution < -0.4 is 10.5 Å². The van der Waals surface area contributed by atoms with E-state index in [-0.39, 0.29) is 23.8 Å². The summed E-state index contributed by atoms with van der Waals surface area (Å²) in [5.41, 5.74) is 7.27. The summed E-state index contributed by atoms with van der Waals surface area (Å²) in [5.74, 6) is -0.418. The van der Waals surface area contributed by atoms with Gasteiger partial charge >= 0.3 is 11.9 Å². The summed E-state index contributed by atoms with van der Waals surface area (Å²) in [4.78, 5) is 28.8. The van der Waals surface area contributed by atoms with Crippen LogP contribution in [0, 0.1) is 5.41 Å². The number of nitrogens with two attached hydrogens (primary N) is 1. The second kappa shape index (κ2) is 7.91. The van der Waals surface area contributed by atoms with E-state index in [0.717, 1.165) is 16.3 Å². The van der Waals surface area contributed by atoms with Crippen LogP contribution in [0.5, 0.6) is 5.75 Å². The van der Waals surface area contributed by atoms with Crippen molar-refractivity contribution in [1.82, 2.24) is 4.98 Å². The average Bonchev–Trinajstić information content (AvgIpc) is 2.66. The van der Waals surface area contributed by atoms with Gasteiger partial charge in [-0.2, -0.15) is 0 Å². The minimum atomic E-state index is -0.629. The molecule has 2 aromatic carbocycles. The van der Waals surface area contributed by atoms with Gasteiger partial charge in [-0.1, -0.05) is 24.3 Å². The predicted molar refractivity (Wildman–Crippen MR) is 113 cm³/mol. The van der Waals surface area contributed by atoms with E-state index in [4.69, 9.17) is 15.2 Å². The lowest BCUT2D eigenvalue weighted by molar-refractivity contribution is -0.142. The van der Waals surface area contributed by atoms with E-state index in [1.54, 1.807) is 39.8 Å². The number of benzene rings is 2. The van der Waals surface area contributed by atoms with Gasteiger partial charge in [0.1, 0.15) is 11.3 Å². The summed E-state index contributed by atoms with van der Waals surface area (Å²) in [6.07, 6.45) is 1.41. The Balaban J connectivity index is 2.10. The number of hydrogen-bond acceptors (Lipinski definition) is 6. The molecule has 1 aromatic heterocycles. The normalized spacial score (nSPS) is 11.3. The molecule has 6 nitrogen and oxygen atoms in total. The second-order valence-electron chi connectivity index (χ2n) is 7.71. The highest BCUT2D eigenvalue weighted by molar-refractivity contribution is 6.00. The molecule has 0 aliphatic rings. The molecule has 150 valence electrons. The highest BCUT2D eigenvalue weighted by Gasteiger charge is 2.24. The topological polar surface area (TPSA) is 91.5 Å². The molecule has 1 heterocycles. The second-order valence-corrected chi connectivity index (χ2v) is 7.71. The van der Waals surface area contributed by atoms with Crippen molar-refractivity contribution in [3.8, 4) is 17.0 Å². The van der Waals surface area contributed by atoms with Crippen LogP contribution >= 0.6 is 0 Å². The molecule has 3 rings (SSSR count). The summed E-state index contributed by atoms with van der Waals surface area (Å²) in [5, 5.41) is 1.83. The number of esters is 2. The lowest BCUT2D eigenvalue weighted by Crippen LogP contribution is -2.25. The molecule has 0 unspecified atom stereocenters. The Morgan fingerprint density at radius 1 is 1.10 bits per heavy atom. The molecular weight excluding hydrogens is 368 g/mol. The van der Waals surface area contributed by atoms with Gasteiger partial charge in [0, 0.05) is 17.4 Å². The van der Waals surface area contributed by atoms with Crippen molar-refractivity contribution in [2.24, 2.45) is 5.41 Å². The van der Waals surface area contributed by atoms with Gasteiger partial charge < -0.3 is 15.2 Å². The zero-order chi connectivity index (χ0) is 21.2. The smallest absolute Gasteiger partial charge is 0.341 e. The van der Waals surface area contributed by atoms with Gasteiger partial charge in [-0.05, 0) is 56.7 Å². The van der Waals surface area contributed by atoms with Crippen molar-refractivity contribution >= 4 is 28.4 Å². The number of ether oxygens (including phenoxy) is 2. The maximum atomic E-state index is 12.3. The van der Waals surface area contributed by atoms with Crippen LogP contribution in [0.15, 0.2) is 48.7 Å². The molecular formula is C23H24N2O4. The van der Waals surface area contributed by atoms with Crippen LogP contribution in [0.2, 0.25) is 0 Å². The van der Waals surface area contributed by atoms with Gasteiger partial charge in [0.2, 0.25) is 0 Å². The first-order valence-electron chi connectivity index (χ1n) is 9.38. The minimum absolute atomic E-state index is 0.218. The minimum Gasteiger partial charge on any atom is -0.462 e. The molecule has 2 N–H and O–H groups in total. The Kier molecular flexibility index (Phi) is 5.55. The van der Waals surface area contributed by atoms with Gasteiger partial charge in [0.15, 0.2) is 0 Å². The number of aromatic nitrogens is 1. The van der Waals surface area contributed by atoms with E-state index in [0.29, 0.717) is 11.4 Å².